The summed E-state index contributed by atoms with van der Waals surface area (Å²) >= 11 is 0. The summed E-state index contributed by atoms with van der Waals surface area (Å²) < 4.78 is 76.9. The Kier molecular flexibility index (Phi) is 6.22. The first-order valence-electron chi connectivity index (χ1n) is 8.99. The highest BCUT2D eigenvalue weighted by molar-refractivity contribution is 7.89. The molecule has 0 aliphatic carbocycles. The predicted octanol–water partition coefficient (Wildman–Crippen LogP) is 3.13. The van der Waals surface area contributed by atoms with Gasteiger partial charge in [0, 0.05) is 18.3 Å². The van der Waals surface area contributed by atoms with Crippen molar-refractivity contribution in [2.75, 3.05) is 31.6 Å². The van der Waals surface area contributed by atoms with Crippen LogP contribution in [0.25, 0.3) is 0 Å². The van der Waals surface area contributed by atoms with Crippen LogP contribution < -0.4 is 14.8 Å². The van der Waals surface area contributed by atoms with Crippen molar-refractivity contribution in [3.8, 4) is 11.5 Å². The number of sulfonamides is 1. The van der Waals surface area contributed by atoms with Crippen molar-refractivity contribution in [3.63, 3.8) is 0 Å². The van der Waals surface area contributed by atoms with Gasteiger partial charge in [0.2, 0.25) is 15.9 Å². The monoisotopic (exact) mass is 444 g/mol. The third-order valence-electron chi connectivity index (χ3n) is 4.31. The Balaban J connectivity index is 1.79. The highest BCUT2D eigenvalue weighted by atomic mass is 32.2. The minimum atomic E-state index is -4.85. The molecular formula is C19H19F3N2O5S. The Morgan fingerprint density at radius 3 is 2.43 bits per heavy atom. The zero-order chi connectivity index (χ0) is 21.9. The minimum absolute atomic E-state index is 0.191. The van der Waals surface area contributed by atoms with Crippen molar-refractivity contribution in [3.05, 3.63) is 48.0 Å². The van der Waals surface area contributed by atoms with Gasteiger partial charge >= 0.3 is 6.18 Å². The molecule has 0 saturated carbocycles. The first kappa shape index (κ1) is 21.9. The lowest BCUT2D eigenvalue weighted by Gasteiger charge is -2.22. The number of ether oxygens (including phenoxy) is 2. The first-order valence-corrected chi connectivity index (χ1v) is 10.4. The van der Waals surface area contributed by atoms with Crippen LogP contribution in [-0.2, 0) is 21.0 Å². The first-order chi connectivity index (χ1) is 14.1. The number of halogens is 3. The molecule has 0 unspecified atom stereocenters. The van der Waals surface area contributed by atoms with Gasteiger partial charge in [-0.05, 0) is 24.3 Å². The third-order valence-corrected chi connectivity index (χ3v) is 6.29. The number of amides is 1. The molecule has 30 heavy (non-hydrogen) atoms. The predicted molar refractivity (Wildman–Crippen MR) is 102 cm³/mol. The molecule has 11 heteroatoms. The van der Waals surface area contributed by atoms with Crippen molar-refractivity contribution in [2.24, 2.45) is 0 Å². The lowest BCUT2D eigenvalue weighted by atomic mass is 10.2. The van der Waals surface area contributed by atoms with Gasteiger partial charge in [-0.3, -0.25) is 4.79 Å². The van der Waals surface area contributed by atoms with Gasteiger partial charge in [0.05, 0.1) is 17.0 Å². The van der Waals surface area contributed by atoms with Crippen molar-refractivity contribution < 1.29 is 35.9 Å². The van der Waals surface area contributed by atoms with Gasteiger partial charge in [-0.2, -0.15) is 17.5 Å². The zero-order valence-electron chi connectivity index (χ0n) is 15.9. The number of hydrogen-bond donors (Lipinski definition) is 1. The van der Waals surface area contributed by atoms with Crippen molar-refractivity contribution in [1.29, 1.82) is 0 Å². The molecule has 0 atom stereocenters. The van der Waals surface area contributed by atoms with E-state index in [9.17, 15) is 26.4 Å². The average molecular weight is 444 g/mol. The second kappa shape index (κ2) is 8.52. The number of likely N-dealkylation sites (N-methyl/N-ethyl adjacent to an activating group) is 1. The minimum Gasteiger partial charge on any atom is -0.486 e. The maximum atomic E-state index is 13.2. The van der Waals surface area contributed by atoms with E-state index in [1.54, 1.807) is 12.1 Å². The van der Waals surface area contributed by atoms with E-state index in [1.165, 1.54) is 19.1 Å². The maximum Gasteiger partial charge on any atom is 0.417 e. The summed E-state index contributed by atoms with van der Waals surface area (Å²) in [5.74, 6) is 0.237. The fourth-order valence-corrected chi connectivity index (χ4v) is 4.53. The molecule has 0 aromatic heterocycles. The molecule has 0 fully saturated rings. The second-order valence-corrected chi connectivity index (χ2v) is 8.24. The van der Waals surface area contributed by atoms with Gasteiger partial charge in [0.25, 0.3) is 0 Å². The molecule has 0 bridgehead atoms. The highest BCUT2D eigenvalue weighted by Crippen LogP contribution is 2.35. The number of carbonyl (C=O) groups is 1. The Labute approximate surface area is 171 Å². The Morgan fingerprint density at radius 1 is 1.10 bits per heavy atom. The number of fused-ring (bicyclic) bond motifs is 1. The van der Waals surface area contributed by atoms with E-state index in [2.05, 4.69) is 5.32 Å². The molecular weight excluding hydrogens is 425 g/mol. The Hall–Kier alpha value is -2.79. The van der Waals surface area contributed by atoms with E-state index < -0.39 is 39.1 Å². The number of carbonyl (C=O) groups excluding carboxylic acids is 1. The summed E-state index contributed by atoms with van der Waals surface area (Å²) in [6.45, 7) is 1.35. The normalized spacial score (nSPS) is 13.9. The van der Waals surface area contributed by atoms with Crippen LogP contribution in [0.2, 0.25) is 0 Å². The molecule has 2 aromatic rings. The summed E-state index contributed by atoms with van der Waals surface area (Å²) in [6.07, 6.45) is -4.85. The standard InChI is InChI=1S/C19H19F3N2O5S/c1-2-24(30(26,27)17-6-4-3-5-14(17)19(20,21)22)12-18(25)23-13-7-8-15-16(11-13)29-10-9-28-15/h3-8,11H,2,9-10,12H2,1H3,(H,23,25). The molecule has 1 N–H and O–H groups in total. The molecule has 1 aliphatic heterocycles. The van der Waals surface area contributed by atoms with Gasteiger partial charge in [0.1, 0.15) is 13.2 Å². The number of benzene rings is 2. The van der Waals surface area contributed by atoms with Gasteiger partial charge in [0.15, 0.2) is 11.5 Å². The molecule has 0 radical (unpaired) electrons. The van der Waals surface area contributed by atoms with Gasteiger partial charge in [-0.25, -0.2) is 8.42 Å². The fourth-order valence-electron chi connectivity index (χ4n) is 2.91. The third kappa shape index (κ3) is 4.68. The van der Waals surface area contributed by atoms with E-state index in [-0.39, 0.29) is 6.54 Å². The molecule has 0 saturated heterocycles. The van der Waals surface area contributed by atoms with Crippen LogP contribution >= 0.6 is 0 Å². The molecule has 2 aromatic carbocycles. The van der Waals surface area contributed by atoms with Crippen molar-refractivity contribution >= 4 is 21.6 Å². The van der Waals surface area contributed by atoms with Crippen LogP contribution in [0.1, 0.15) is 12.5 Å². The van der Waals surface area contributed by atoms with Crippen LogP contribution in [0, 0.1) is 0 Å². The van der Waals surface area contributed by atoms with Crippen LogP contribution in [0.3, 0.4) is 0 Å². The summed E-state index contributed by atoms with van der Waals surface area (Å²) in [7, 11) is -4.56. The average Bonchev–Trinajstić information content (AvgIpc) is 2.71. The topological polar surface area (TPSA) is 84.9 Å². The number of hydrogen-bond acceptors (Lipinski definition) is 5. The van der Waals surface area contributed by atoms with E-state index in [4.69, 9.17) is 9.47 Å². The fraction of sp³-hybridized carbons (Fsp3) is 0.316. The summed E-state index contributed by atoms with van der Waals surface area (Å²) in [4.78, 5) is 11.5. The highest BCUT2D eigenvalue weighted by Gasteiger charge is 2.38. The van der Waals surface area contributed by atoms with Crippen LogP contribution in [0.4, 0.5) is 18.9 Å². The van der Waals surface area contributed by atoms with Gasteiger partial charge in [-0.15, -0.1) is 0 Å². The zero-order valence-corrected chi connectivity index (χ0v) is 16.7. The Bertz CT molecular complexity index is 1040. The molecule has 7 nitrogen and oxygen atoms in total. The van der Waals surface area contributed by atoms with Crippen molar-refractivity contribution in [1.82, 2.24) is 4.31 Å². The molecule has 3 rings (SSSR count). The smallest absolute Gasteiger partial charge is 0.417 e. The van der Waals surface area contributed by atoms with Gasteiger partial charge in [-0.1, -0.05) is 19.1 Å². The van der Waals surface area contributed by atoms with Crippen LogP contribution in [-0.4, -0.2) is 44.9 Å². The second-order valence-electron chi connectivity index (χ2n) is 6.33. The van der Waals surface area contributed by atoms with E-state index in [0.29, 0.717) is 40.8 Å². The van der Waals surface area contributed by atoms with E-state index in [0.717, 1.165) is 12.1 Å². The van der Waals surface area contributed by atoms with Gasteiger partial charge < -0.3 is 14.8 Å². The number of rotatable bonds is 6. The molecule has 1 heterocycles. The largest absolute Gasteiger partial charge is 0.486 e. The number of anilines is 1. The van der Waals surface area contributed by atoms with Crippen LogP contribution in [0.15, 0.2) is 47.4 Å². The van der Waals surface area contributed by atoms with E-state index >= 15 is 0 Å². The molecule has 162 valence electrons. The lowest BCUT2D eigenvalue weighted by Crippen LogP contribution is -2.38. The quantitative estimate of drug-likeness (QED) is 0.740. The molecule has 0 spiro atoms. The van der Waals surface area contributed by atoms with Crippen molar-refractivity contribution in [2.45, 2.75) is 18.0 Å². The van der Waals surface area contributed by atoms with Crippen LogP contribution in [0.5, 0.6) is 11.5 Å². The lowest BCUT2D eigenvalue weighted by molar-refractivity contribution is -0.139. The Morgan fingerprint density at radius 2 is 1.77 bits per heavy atom. The summed E-state index contributed by atoms with van der Waals surface area (Å²) in [5.41, 5.74) is -0.941. The number of nitrogens with zero attached hydrogens (tertiary/aromatic N) is 1. The summed E-state index contributed by atoms with van der Waals surface area (Å²) in [6, 6.07) is 8.54. The maximum absolute atomic E-state index is 13.2. The molecule has 1 amide bonds. The molecule has 1 aliphatic rings. The number of alkyl halides is 3. The summed E-state index contributed by atoms with van der Waals surface area (Å²) in [5, 5.41) is 2.52. The number of nitrogens with one attached hydrogen (secondary N) is 1. The SMILES string of the molecule is CCN(CC(=O)Nc1ccc2c(c1)OCCO2)S(=O)(=O)c1ccccc1C(F)(F)F. The van der Waals surface area contributed by atoms with E-state index in [1.807, 2.05) is 0 Å².